The van der Waals surface area contributed by atoms with Gasteiger partial charge in [-0.15, -0.1) is 0 Å². The fraction of sp³-hybridized carbons (Fsp3) is 1.00. The van der Waals surface area contributed by atoms with Crippen molar-refractivity contribution < 1.29 is 28.4 Å². The number of nitrogens with two attached hydrogens (primary N) is 3. The van der Waals surface area contributed by atoms with Gasteiger partial charge in [-0.3, -0.25) is 0 Å². The summed E-state index contributed by atoms with van der Waals surface area (Å²) in [5.41, 5.74) is 16.9. The quantitative estimate of drug-likeness (QED) is 0.138. The van der Waals surface area contributed by atoms with Crippen LogP contribution in [-0.4, -0.2) is 75.6 Å². The summed E-state index contributed by atoms with van der Waals surface area (Å²) < 4.78 is 33.1. The van der Waals surface area contributed by atoms with Crippen LogP contribution in [0.1, 0.15) is 117 Å². The van der Waals surface area contributed by atoms with Crippen LogP contribution in [0.5, 0.6) is 0 Å². The predicted molar refractivity (Wildman–Crippen MR) is 175 cm³/mol. The van der Waals surface area contributed by atoms with E-state index < -0.39 is 11.6 Å². The highest BCUT2D eigenvalue weighted by molar-refractivity contribution is 4.62. The first-order chi connectivity index (χ1) is 18.3. The molecule has 0 rings (SSSR count). The first-order valence-corrected chi connectivity index (χ1v) is 15.3. The Hall–Kier alpha value is -0.360. The molecule has 254 valence electrons. The standard InChI is InChI=1S/C12H27NO2.C10H23NO2.C9H21NO2.CH4/c1-6-10(3)8-14-12(4,5)15-9-11(13)7-2;1-8(2)6-12-10(4,5)13-7-9(3)11;1-7(2)5-11-9(4)12-6-8(3)10;/h10-11H,6-9,13H2,1-5H3;8-9H,6-7,11H2,1-5H3;7-9H,5-6,10H2,1-4H3;1H4. The van der Waals surface area contributed by atoms with Gasteiger partial charge >= 0.3 is 0 Å². The molecule has 5 unspecified atom stereocenters. The van der Waals surface area contributed by atoms with E-state index in [4.69, 9.17) is 45.6 Å². The van der Waals surface area contributed by atoms with E-state index in [0.29, 0.717) is 44.2 Å². The molecule has 0 aromatic rings. The van der Waals surface area contributed by atoms with Gasteiger partial charge in [0.05, 0.1) is 39.6 Å². The monoisotopic (exact) mass is 598 g/mol. The van der Waals surface area contributed by atoms with Crippen LogP contribution in [0.15, 0.2) is 0 Å². The number of hydrogen-bond donors (Lipinski definition) is 3. The molecular formula is C32H75N3O6. The summed E-state index contributed by atoms with van der Waals surface area (Å²) in [7, 11) is 0. The molecule has 41 heavy (non-hydrogen) atoms. The summed E-state index contributed by atoms with van der Waals surface area (Å²) in [4.78, 5) is 0. The number of ether oxygens (including phenoxy) is 6. The van der Waals surface area contributed by atoms with E-state index in [2.05, 4.69) is 48.5 Å². The highest BCUT2D eigenvalue weighted by Crippen LogP contribution is 2.15. The minimum Gasteiger partial charge on any atom is -0.353 e. The van der Waals surface area contributed by atoms with Gasteiger partial charge < -0.3 is 45.6 Å². The van der Waals surface area contributed by atoms with Crippen molar-refractivity contribution in [1.29, 1.82) is 0 Å². The molecule has 6 N–H and O–H groups in total. The molecule has 0 aromatic heterocycles. The maximum absolute atomic E-state index is 5.78. The second-order valence-electron chi connectivity index (χ2n) is 12.7. The Kier molecular flexibility index (Phi) is 31.6. The lowest BCUT2D eigenvalue weighted by atomic mass is 10.1. The summed E-state index contributed by atoms with van der Waals surface area (Å²) in [6.07, 6.45) is 1.92. The molecule has 0 aliphatic heterocycles. The molecule has 0 bridgehead atoms. The van der Waals surface area contributed by atoms with Gasteiger partial charge in [0.1, 0.15) is 0 Å². The van der Waals surface area contributed by atoms with Crippen molar-refractivity contribution >= 4 is 0 Å². The molecule has 0 radical (unpaired) electrons. The summed E-state index contributed by atoms with van der Waals surface area (Å²) in [5.74, 6) is 0.617. The molecule has 9 nitrogen and oxygen atoms in total. The van der Waals surface area contributed by atoms with Gasteiger partial charge in [-0.25, -0.2) is 0 Å². The van der Waals surface area contributed by atoms with Gasteiger partial charge in [0.15, 0.2) is 17.9 Å². The van der Waals surface area contributed by atoms with Crippen LogP contribution in [-0.2, 0) is 28.4 Å². The van der Waals surface area contributed by atoms with Crippen LogP contribution >= 0.6 is 0 Å². The first-order valence-electron chi connectivity index (χ1n) is 15.3. The van der Waals surface area contributed by atoms with Crippen molar-refractivity contribution in [2.24, 2.45) is 35.0 Å². The second kappa shape index (κ2) is 27.2. The Morgan fingerprint density at radius 2 is 0.902 bits per heavy atom. The van der Waals surface area contributed by atoms with Gasteiger partial charge in [0.2, 0.25) is 0 Å². The maximum atomic E-state index is 5.78. The normalized spacial score (nSPS) is 15.6. The van der Waals surface area contributed by atoms with Crippen molar-refractivity contribution in [2.75, 3.05) is 39.6 Å². The molecule has 5 atom stereocenters. The Morgan fingerprint density at radius 3 is 1.29 bits per heavy atom. The minimum atomic E-state index is -0.518. The smallest absolute Gasteiger partial charge is 0.162 e. The lowest BCUT2D eigenvalue weighted by molar-refractivity contribution is -0.220. The highest BCUT2D eigenvalue weighted by Gasteiger charge is 2.21. The fourth-order valence-electron chi connectivity index (χ4n) is 2.33. The van der Waals surface area contributed by atoms with Crippen molar-refractivity contribution in [2.45, 2.75) is 153 Å². The molecule has 0 aliphatic carbocycles. The fourth-order valence-corrected chi connectivity index (χ4v) is 2.33. The number of rotatable bonds is 20. The van der Waals surface area contributed by atoms with Crippen LogP contribution in [0, 0.1) is 17.8 Å². The molecule has 0 saturated carbocycles. The highest BCUT2D eigenvalue weighted by atomic mass is 16.7. The summed E-state index contributed by atoms with van der Waals surface area (Å²) >= 11 is 0. The van der Waals surface area contributed by atoms with Crippen LogP contribution < -0.4 is 17.2 Å². The SMILES string of the molecule is C.CC(C)COC(C)(C)OCC(C)N.CC(C)COC(C)OCC(C)N.CCC(C)COC(C)(C)OCC(N)CC. The molecule has 0 spiro atoms. The predicted octanol–water partition coefficient (Wildman–Crippen LogP) is 6.30. The molecule has 0 amide bonds. The zero-order valence-electron chi connectivity index (χ0n) is 28.9. The zero-order chi connectivity index (χ0) is 31.9. The molecule has 0 saturated heterocycles. The lowest BCUT2D eigenvalue weighted by Crippen LogP contribution is -2.36. The van der Waals surface area contributed by atoms with E-state index in [1.807, 2.05) is 48.5 Å². The van der Waals surface area contributed by atoms with Crippen LogP contribution in [0.2, 0.25) is 0 Å². The van der Waals surface area contributed by atoms with E-state index in [1.54, 1.807) is 0 Å². The average molecular weight is 598 g/mol. The maximum Gasteiger partial charge on any atom is 0.162 e. The van der Waals surface area contributed by atoms with E-state index in [-0.39, 0.29) is 31.8 Å². The summed E-state index contributed by atoms with van der Waals surface area (Å²) in [5, 5.41) is 0. The van der Waals surface area contributed by atoms with Crippen molar-refractivity contribution in [1.82, 2.24) is 0 Å². The summed E-state index contributed by atoms with van der Waals surface area (Å²) in [6.45, 7) is 32.1. The lowest BCUT2D eigenvalue weighted by Gasteiger charge is -2.28. The van der Waals surface area contributed by atoms with Crippen molar-refractivity contribution in [3.8, 4) is 0 Å². The third-order valence-corrected chi connectivity index (χ3v) is 5.30. The Morgan fingerprint density at radius 1 is 0.512 bits per heavy atom. The van der Waals surface area contributed by atoms with Gasteiger partial charge in [-0.05, 0) is 72.6 Å². The van der Waals surface area contributed by atoms with Gasteiger partial charge in [-0.2, -0.15) is 0 Å². The Balaban J connectivity index is -0.000000249. The second-order valence-corrected chi connectivity index (χ2v) is 12.7. The average Bonchev–Trinajstić information content (AvgIpc) is 2.86. The van der Waals surface area contributed by atoms with Crippen LogP contribution in [0.3, 0.4) is 0 Å². The van der Waals surface area contributed by atoms with E-state index in [9.17, 15) is 0 Å². The molecule has 0 heterocycles. The zero-order valence-corrected chi connectivity index (χ0v) is 28.9. The first kappa shape index (κ1) is 47.6. The Labute approximate surface area is 256 Å². The Bertz CT molecular complexity index is 504. The van der Waals surface area contributed by atoms with Crippen molar-refractivity contribution in [3.63, 3.8) is 0 Å². The van der Waals surface area contributed by atoms with Gasteiger partial charge in [0.25, 0.3) is 0 Å². The van der Waals surface area contributed by atoms with Gasteiger partial charge in [-0.1, -0.05) is 62.3 Å². The third kappa shape index (κ3) is 39.6. The van der Waals surface area contributed by atoms with E-state index in [0.717, 1.165) is 26.1 Å². The molecule has 9 heteroatoms. The largest absolute Gasteiger partial charge is 0.353 e. The van der Waals surface area contributed by atoms with Crippen LogP contribution in [0.25, 0.3) is 0 Å². The van der Waals surface area contributed by atoms with E-state index >= 15 is 0 Å². The minimum absolute atomic E-state index is 0. The molecule has 0 fully saturated rings. The molecule has 0 aromatic carbocycles. The van der Waals surface area contributed by atoms with Gasteiger partial charge in [0, 0.05) is 18.1 Å². The molecule has 0 aliphatic rings. The number of hydrogen-bond acceptors (Lipinski definition) is 9. The summed E-state index contributed by atoms with van der Waals surface area (Å²) in [6, 6.07) is 0.244. The molecular weight excluding hydrogens is 522 g/mol. The van der Waals surface area contributed by atoms with Crippen LogP contribution in [0.4, 0.5) is 0 Å². The van der Waals surface area contributed by atoms with E-state index in [1.165, 1.54) is 0 Å². The van der Waals surface area contributed by atoms with Crippen molar-refractivity contribution in [3.05, 3.63) is 0 Å². The third-order valence-electron chi connectivity index (χ3n) is 5.30. The topological polar surface area (TPSA) is 133 Å².